The average Bonchev–Trinajstić information content (AvgIpc) is 2.87. The van der Waals surface area contributed by atoms with Crippen LogP contribution in [0, 0.1) is 5.92 Å². The molecule has 0 aliphatic carbocycles. The summed E-state index contributed by atoms with van der Waals surface area (Å²) in [6.07, 6.45) is 0. The maximum absolute atomic E-state index is 11.4. The Labute approximate surface area is 106 Å². The van der Waals surface area contributed by atoms with Crippen molar-refractivity contribution in [2.75, 3.05) is 13.1 Å². The van der Waals surface area contributed by atoms with Crippen molar-refractivity contribution in [1.29, 1.82) is 0 Å². The number of rotatable bonds is 2. The minimum atomic E-state index is -0.210. The van der Waals surface area contributed by atoms with Crippen LogP contribution < -0.4 is 11.1 Å². The van der Waals surface area contributed by atoms with Crippen LogP contribution in [0.4, 0.5) is 0 Å². The molecule has 1 aliphatic heterocycles. The minimum absolute atomic E-state index is 0.0915. The fraction of sp³-hybridized carbons (Fsp3) is 0.267. The van der Waals surface area contributed by atoms with Crippen molar-refractivity contribution >= 4 is 16.7 Å². The van der Waals surface area contributed by atoms with Gasteiger partial charge in [-0.15, -0.1) is 0 Å². The second kappa shape index (κ2) is 4.42. The Bertz CT molecular complexity index is 594. The van der Waals surface area contributed by atoms with Gasteiger partial charge in [0.05, 0.1) is 5.92 Å². The van der Waals surface area contributed by atoms with Crippen molar-refractivity contribution in [3.05, 3.63) is 48.0 Å². The normalized spacial score (nSPS) is 23.3. The van der Waals surface area contributed by atoms with Crippen molar-refractivity contribution in [3.63, 3.8) is 0 Å². The van der Waals surface area contributed by atoms with Crippen LogP contribution in [0.1, 0.15) is 11.5 Å². The molecular weight excluding hydrogens is 224 g/mol. The van der Waals surface area contributed by atoms with Crippen LogP contribution in [-0.4, -0.2) is 19.0 Å². The number of benzene rings is 2. The summed E-state index contributed by atoms with van der Waals surface area (Å²) in [5, 5.41) is 5.69. The van der Waals surface area contributed by atoms with Gasteiger partial charge in [0.1, 0.15) is 0 Å². The van der Waals surface area contributed by atoms with Gasteiger partial charge in [0.25, 0.3) is 0 Å². The highest BCUT2D eigenvalue weighted by molar-refractivity contribution is 5.84. The molecule has 2 aromatic rings. The van der Waals surface area contributed by atoms with Gasteiger partial charge in [-0.1, -0.05) is 42.5 Å². The van der Waals surface area contributed by atoms with Crippen LogP contribution in [-0.2, 0) is 4.79 Å². The van der Waals surface area contributed by atoms with Gasteiger partial charge in [-0.2, -0.15) is 0 Å². The maximum atomic E-state index is 11.4. The Balaban J connectivity index is 2.01. The standard InChI is InChI=1S/C15H16N2O/c16-15(18)14-9-17-8-13(14)12-6-5-10-3-1-2-4-11(10)7-12/h1-7,13-14,17H,8-9H2,(H2,16,18). The average molecular weight is 240 g/mol. The Morgan fingerprint density at radius 3 is 2.67 bits per heavy atom. The number of hydrogen-bond donors (Lipinski definition) is 2. The monoisotopic (exact) mass is 240 g/mol. The number of nitrogens with one attached hydrogen (secondary N) is 1. The van der Waals surface area contributed by atoms with Gasteiger partial charge in [0.15, 0.2) is 0 Å². The molecule has 1 saturated heterocycles. The summed E-state index contributed by atoms with van der Waals surface area (Å²) in [5.41, 5.74) is 6.66. The number of fused-ring (bicyclic) bond motifs is 1. The van der Waals surface area contributed by atoms with E-state index in [-0.39, 0.29) is 17.7 Å². The second-order valence-electron chi connectivity index (χ2n) is 4.88. The predicted octanol–water partition coefficient (Wildman–Crippen LogP) is 1.63. The zero-order valence-corrected chi connectivity index (χ0v) is 10.1. The van der Waals surface area contributed by atoms with Gasteiger partial charge in [-0.3, -0.25) is 4.79 Å². The van der Waals surface area contributed by atoms with E-state index in [0.29, 0.717) is 6.54 Å². The summed E-state index contributed by atoms with van der Waals surface area (Å²) in [6.45, 7) is 1.51. The number of hydrogen-bond acceptors (Lipinski definition) is 2. The van der Waals surface area contributed by atoms with Crippen LogP contribution in [0.2, 0.25) is 0 Å². The maximum Gasteiger partial charge on any atom is 0.222 e. The molecule has 1 aliphatic rings. The van der Waals surface area contributed by atoms with E-state index in [1.807, 2.05) is 12.1 Å². The van der Waals surface area contributed by atoms with Crippen molar-refractivity contribution in [2.45, 2.75) is 5.92 Å². The molecular formula is C15H16N2O. The van der Waals surface area contributed by atoms with Gasteiger partial charge in [0.2, 0.25) is 5.91 Å². The van der Waals surface area contributed by atoms with Crippen molar-refractivity contribution in [1.82, 2.24) is 5.32 Å². The summed E-state index contributed by atoms with van der Waals surface area (Å²) in [5.74, 6) is -0.101. The fourth-order valence-electron chi connectivity index (χ4n) is 2.77. The number of amides is 1. The molecule has 92 valence electrons. The molecule has 2 aromatic carbocycles. The molecule has 3 heteroatoms. The van der Waals surface area contributed by atoms with Gasteiger partial charge in [0, 0.05) is 19.0 Å². The van der Waals surface area contributed by atoms with Crippen molar-refractivity contribution in [2.24, 2.45) is 11.7 Å². The molecule has 0 aromatic heterocycles. The lowest BCUT2D eigenvalue weighted by Crippen LogP contribution is -2.28. The third-order valence-electron chi connectivity index (χ3n) is 3.78. The quantitative estimate of drug-likeness (QED) is 0.838. The first-order chi connectivity index (χ1) is 8.75. The second-order valence-corrected chi connectivity index (χ2v) is 4.88. The van der Waals surface area contributed by atoms with E-state index in [4.69, 9.17) is 5.73 Å². The van der Waals surface area contributed by atoms with Crippen LogP contribution in [0.15, 0.2) is 42.5 Å². The van der Waals surface area contributed by atoms with Gasteiger partial charge in [-0.05, 0) is 16.3 Å². The van der Waals surface area contributed by atoms with Gasteiger partial charge >= 0.3 is 0 Å². The Morgan fingerprint density at radius 2 is 1.89 bits per heavy atom. The predicted molar refractivity (Wildman–Crippen MR) is 72.2 cm³/mol. The lowest BCUT2D eigenvalue weighted by atomic mass is 9.87. The third kappa shape index (κ3) is 1.87. The first-order valence-corrected chi connectivity index (χ1v) is 6.24. The van der Waals surface area contributed by atoms with Crippen LogP contribution in [0.5, 0.6) is 0 Å². The number of carbonyl (C=O) groups excluding carboxylic acids is 1. The first-order valence-electron chi connectivity index (χ1n) is 6.24. The van der Waals surface area contributed by atoms with E-state index < -0.39 is 0 Å². The fourth-order valence-corrected chi connectivity index (χ4v) is 2.77. The number of carbonyl (C=O) groups is 1. The van der Waals surface area contributed by atoms with Crippen molar-refractivity contribution < 1.29 is 4.79 Å². The zero-order valence-electron chi connectivity index (χ0n) is 10.1. The lowest BCUT2D eigenvalue weighted by Gasteiger charge is -2.16. The molecule has 3 nitrogen and oxygen atoms in total. The third-order valence-corrected chi connectivity index (χ3v) is 3.78. The Morgan fingerprint density at radius 1 is 1.11 bits per heavy atom. The van der Waals surface area contributed by atoms with E-state index >= 15 is 0 Å². The molecule has 3 rings (SSSR count). The molecule has 1 heterocycles. The zero-order chi connectivity index (χ0) is 12.5. The van der Waals surface area contributed by atoms with E-state index in [2.05, 4.69) is 35.6 Å². The summed E-state index contributed by atoms with van der Waals surface area (Å²) >= 11 is 0. The van der Waals surface area contributed by atoms with E-state index in [1.165, 1.54) is 16.3 Å². The molecule has 1 amide bonds. The van der Waals surface area contributed by atoms with E-state index in [0.717, 1.165) is 6.54 Å². The molecule has 2 unspecified atom stereocenters. The molecule has 18 heavy (non-hydrogen) atoms. The molecule has 0 bridgehead atoms. The molecule has 1 fully saturated rings. The van der Waals surface area contributed by atoms with Crippen LogP contribution >= 0.6 is 0 Å². The van der Waals surface area contributed by atoms with Crippen molar-refractivity contribution in [3.8, 4) is 0 Å². The molecule has 3 N–H and O–H groups in total. The minimum Gasteiger partial charge on any atom is -0.369 e. The molecule has 0 spiro atoms. The van der Waals surface area contributed by atoms with Gasteiger partial charge in [-0.25, -0.2) is 0 Å². The molecule has 0 saturated carbocycles. The molecule has 0 radical (unpaired) electrons. The smallest absolute Gasteiger partial charge is 0.222 e. The highest BCUT2D eigenvalue weighted by Gasteiger charge is 2.32. The first kappa shape index (κ1) is 11.2. The summed E-state index contributed by atoms with van der Waals surface area (Å²) in [7, 11) is 0. The van der Waals surface area contributed by atoms with E-state index in [9.17, 15) is 4.79 Å². The summed E-state index contributed by atoms with van der Waals surface area (Å²) < 4.78 is 0. The van der Waals surface area contributed by atoms with E-state index in [1.54, 1.807) is 0 Å². The SMILES string of the molecule is NC(=O)C1CNCC1c1ccc2ccccc2c1. The molecule has 2 atom stereocenters. The highest BCUT2D eigenvalue weighted by atomic mass is 16.1. The van der Waals surface area contributed by atoms with Crippen LogP contribution in [0.3, 0.4) is 0 Å². The number of nitrogens with two attached hydrogens (primary N) is 1. The summed E-state index contributed by atoms with van der Waals surface area (Å²) in [6, 6.07) is 14.6. The van der Waals surface area contributed by atoms with Crippen LogP contribution in [0.25, 0.3) is 10.8 Å². The Kier molecular flexibility index (Phi) is 2.76. The largest absolute Gasteiger partial charge is 0.369 e. The Hall–Kier alpha value is -1.87. The number of primary amides is 1. The summed E-state index contributed by atoms with van der Waals surface area (Å²) in [4.78, 5) is 11.4. The van der Waals surface area contributed by atoms with Gasteiger partial charge < -0.3 is 11.1 Å². The lowest BCUT2D eigenvalue weighted by molar-refractivity contribution is -0.121. The topological polar surface area (TPSA) is 55.1 Å². The highest BCUT2D eigenvalue weighted by Crippen LogP contribution is 2.30.